The third-order valence-corrected chi connectivity index (χ3v) is 2.74. The number of alkyl carbamates (subject to hydrolysis) is 1. The maximum Gasteiger partial charge on any atom is 0.416 e. The average molecular weight is 346 g/mol. The molecule has 1 aromatic rings. The van der Waals surface area contributed by atoms with Crippen molar-refractivity contribution in [3.8, 4) is 0 Å². The highest BCUT2D eigenvalue weighted by molar-refractivity contribution is 5.90. The first-order valence-electron chi connectivity index (χ1n) is 7.41. The Labute approximate surface area is 138 Å². The lowest BCUT2D eigenvalue weighted by Crippen LogP contribution is -2.33. The number of anilines is 1. The fourth-order valence-electron chi connectivity index (χ4n) is 1.72. The Balaban J connectivity index is 2.31. The van der Waals surface area contributed by atoms with Gasteiger partial charge in [-0.25, -0.2) is 4.79 Å². The quantitative estimate of drug-likeness (QED) is 0.794. The van der Waals surface area contributed by atoms with Crippen LogP contribution in [0.2, 0.25) is 0 Å². The van der Waals surface area contributed by atoms with Gasteiger partial charge in [0.1, 0.15) is 5.60 Å². The van der Waals surface area contributed by atoms with Crippen LogP contribution in [-0.2, 0) is 15.7 Å². The van der Waals surface area contributed by atoms with E-state index in [-0.39, 0.29) is 24.6 Å². The van der Waals surface area contributed by atoms with Crippen molar-refractivity contribution in [2.45, 2.75) is 45.4 Å². The van der Waals surface area contributed by atoms with E-state index in [1.807, 2.05) is 0 Å². The number of halogens is 3. The average Bonchev–Trinajstić information content (AvgIpc) is 2.41. The first kappa shape index (κ1) is 19.8. The summed E-state index contributed by atoms with van der Waals surface area (Å²) < 4.78 is 42.3. The number of amides is 2. The highest BCUT2D eigenvalue weighted by atomic mass is 19.4. The SMILES string of the molecule is CC(C)(C)OC(=O)NCCCC(=O)Nc1ccc(C(F)(F)F)cc1. The second kappa shape index (κ2) is 8.03. The standard InChI is InChI=1S/C16H21F3N2O3/c1-15(2,3)24-14(23)20-10-4-5-13(22)21-12-8-6-11(7-9-12)16(17,18)19/h6-9H,4-5,10H2,1-3H3,(H,20,23)(H,21,22). The molecule has 0 aliphatic rings. The normalized spacial score (nSPS) is 11.8. The molecule has 0 aromatic heterocycles. The summed E-state index contributed by atoms with van der Waals surface area (Å²) in [6.07, 6.45) is -4.47. The van der Waals surface area contributed by atoms with Crippen LogP contribution >= 0.6 is 0 Å². The van der Waals surface area contributed by atoms with Crippen molar-refractivity contribution in [3.05, 3.63) is 29.8 Å². The predicted molar refractivity (Wildman–Crippen MR) is 83.5 cm³/mol. The smallest absolute Gasteiger partial charge is 0.416 e. The molecule has 0 heterocycles. The van der Waals surface area contributed by atoms with Gasteiger partial charge in [0, 0.05) is 18.7 Å². The van der Waals surface area contributed by atoms with Gasteiger partial charge in [0.25, 0.3) is 0 Å². The molecule has 8 heteroatoms. The number of rotatable bonds is 5. The van der Waals surface area contributed by atoms with Gasteiger partial charge < -0.3 is 15.4 Å². The summed E-state index contributed by atoms with van der Waals surface area (Å²) in [5.41, 5.74) is -1.08. The summed E-state index contributed by atoms with van der Waals surface area (Å²) in [6.45, 7) is 5.48. The largest absolute Gasteiger partial charge is 0.444 e. The first-order valence-corrected chi connectivity index (χ1v) is 7.41. The monoisotopic (exact) mass is 346 g/mol. The molecule has 0 saturated carbocycles. The van der Waals surface area contributed by atoms with Crippen molar-refractivity contribution in [1.82, 2.24) is 5.32 Å². The van der Waals surface area contributed by atoms with E-state index in [0.29, 0.717) is 6.42 Å². The predicted octanol–water partition coefficient (Wildman–Crippen LogP) is 3.95. The van der Waals surface area contributed by atoms with Crippen LogP contribution in [0.1, 0.15) is 39.2 Å². The fraction of sp³-hybridized carbons (Fsp3) is 0.500. The lowest BCUT2D eigenvalue weighted by Gasteiger charge is -2.19. The molecule has 0 spiro atoms. The molecule has 2 N–H and O–H groups in total. The van der Waals surface area contributed by atoms with E-state index in [1.165, 1.54) is 12.1 Å². The summed E-state index contributed by atoms with van der Waals surface area (Å²) in [6, 6.07) is 4.19. The van der Waals surface area contributed by atoms with E-state index in [0.717, 1.165) is 12.1 Å². The van der Waals surface area contributed by atoms with Gasteiger partial charge in [0.15, 0.2) is 0 Å². The lowest BCUT2D eigenvalue weighted by molar-refractivity contribution is -0.137. The Morgan fingerprint density at radius 2 is 1.67 bits per heavy atom. The molecule has 2 amide bonds. The second-order valence-electron chi connectivity index (χ2n) is 6.16. The van der Waals surface area contributed by atoms with Gasteiger partial charge in [0.05, 0.1) is 5.56 Å². The highest BCUT2D eigenvalue weighted by Crippen LogP contribution is 2.29. The third kappa shape index (κ3) is 7.85. The van der Waals surface area contributed by atoms with Crippen molar-refractivity contribution in [2.75, 3.05) is 11.9 Å². The summed E-state index contributed by atoms with van der Waals surface area (Å²) in [5.74, 6) is -0.347. The van der Waals surface area contributed by atoms with E-state index in [4.69, 9.17) is 4.74 Å². The third-order valence-electron chi connectivity index (χ3n) is 2.74. The molecule has 0 saturated heterocycles. The number of hydrogen-bond donors (Lipinski definition) is 2. The van der Waals surface area contributed by atoms with Crippen LogP contribution in [0, 0.1) is 0 Å². The van der Waals surface area contributed by atoms with Crippen molar-refractivity contribution in [3.63, 3.8) is 0 Å². The van der Waals surface area contributed by atoms with Gasteiger partial charge in [-0.1, -0.05) is 0 Å². The fourth-order valence-corrected chi connectivity index (χ4v) is 1.72. The van der Waals surface area contributed by atoms with Crippen molar-refractivity contribution >= 4 is 17.7 Å². The summed E-state index contributed by atoms with van der Waals surface area (Å²) in [5, 5.41) is 5.01. The van der Waals surface area contributed by atoms with E-state index >= 15 is 0 Å². The number of alkyl halides is 3. The minimum Gasteiger partial charge on any atom is -0.444 e. The van der Waals surface area contributed by atoms with Gasteiger partial charge >= 0.3 is 12.3 Å². The topological polar surface area (TPSA) is 67.4 Å². The molecule has 0 unspecified atom stereocenters. The number of nitrogens with one attached hydrogen (secondary N) is 2. The van der Waals surface area contributed by atoms with Crippen LogP contribution in [0.5, 0.6) is 0 Å². The van der Waals surface area contributed by atoms with Gasteiger partial charge in [-0.15, -0.1) is 0 Å². The zero-order valence-corrected chi connectivity index (χ0v) is 13.8. The van der Waals surface area contributed by atoms with Crippen LogP contribution in [0.25, 0.3) is 0 Å². The molecule has 0 atom stereocenters. The van der Waals surface area contributed by atoms with Crippen LogP contribution in [0.3, 0.4) is 0 Å². The van der Waals surface area contributed by atoms with Crippen LogP contribution < -0.4 is 10.6 Å². The van der Waals surface area contributed by atoms with Crippen LogP contribution in [0.4, 0.5) is 23.7 Å². The molecule has 1 rings (SSSR count). The molecule has 5 nitrogen and oxygen atoms in total. The molecule has 1 aromatic carbocycles. The Morgan fingerprint density at radius 1 is 1.08 bits per heavy atom. The van der Waals surface area contributed by atoms with Crippen LogP contribution in [0.15, 0.2) is 24.3 Å². The molecule has 0 aliphatic heterocycles. The van der Waals surface area contributed by atoms with Crippen molar-refractivity contribution in [1.29, 1.82) is 0 Å². The second-order valence-corrected chi connectivity index (χ2v) is 6.16. The van der Waals surface area contributed by atoms with Gasteiger partial charge in [-0.05, 0) is 51.5 Å². The molecular formula is C16H21F3N2O3. The Bertz CT molecular complexity index is 563. The van der Waals surface area contributed by atoms with Gasteiger partial charge in [-0.2, -0.15) is 13.2 Å². The molecule has 0 radical (unpaired) electrons. The maximum absolute atomic E-state index is 12.4. The summed E-state index contributed by atoms with van der Waals surface area (Å²) in [7, 11) is 0. The zero-order valence-electron chi connectivity index (χ0n) is 13.8. The van der Waals surface area contributed by atoms with E-state index in [1.54, 1.807) is 20.8 Å². The molecule has 134 valence electrons. The number of carbonyl (C=O) groups excluding carboxylic acids is 2. The minimum absolute atomic E-state index is 0.122. The highest BCUT2D eigenvalue weighted by Gasteiger charge is 2.29. The van der Waals surface area contributed by atoms with Gasteiger partial charge in [0.2, 0.25) is 5.91 Å². The molecule has 24 heavy (non-hydrogen) atoms. The van der Waals surface area contributed by atoms with Crippen LogP contribution in [-0.4, -0.2) is 24.1 Å². The number of carbonyl (C=O) groups is 2. The Morgan fingerprint density at radius 3 is 2.17 bits per heavy atom. The molecule has 0 aliphatic carbocycles. The van der Waals surface area contributed by atoms with E-state index in [9.17, 15) is 22.8 Å². The maximum atomic E-state index is 12.4. The summed E-state index contributed by atoms with van der Waals surface area (Å²) in [4.78, 5) is 23.1. The molecule has 0 bridgehead atoms. The minimum atomic E-state index is -4.41. The molecular weight excluding hydrogens is 325 g/mol. The number of ether oxygens (including phenoxy) is 1. The van der Waals surface area contributed by atoms with Gasteiger partial charge in [-0.3, -0.25) is 4.79 Å². The Kier molecular flexibility index (Phi) is 6.62. The first-order chi connectivity index (χ1) is 11.0. The number of benzene rings is 1. The van der Waals surface area contributed by atoms with E-state index in [2.05, 4.69) is 10.6 Å². The number of hydrogen-bond acceptors (Lipinski definition) is 3. The Hall–Kier alpha value is -2.25. The zero-order chi connectivity index (χ0) is 18.4. The summed E-state index contributed by atoms with van der Waals surface area (Å²) >= 11 is 0. The van der Waals surface area contributed by atoms with Crippen molar-refractivity contribution in [2.24, 2.45) is 0 Å². The van der Waals surface area contributed by atoms with E-state index < -0.39 is 23.4 Å². The lowest BCUT2D eigenvalue weighted by atomic mass is 10.2. The van der Waals surface area contributed by atoms with Crippen molar-refractivity contribution < 1.29 is 27.5 Å². The molecule has 0 fully saturated rings.